The van der Waals surface area contributed by atoms with Crippen molar-refractivity contribution in [1.29, 1.82) is 0 Å². The molecule has 1 amide bonds. The van der Waals surface area contributed by atoms with Crippen LogP contribution >= 0.6 is 11.6 Å². The van der Waals surface area contributed by atoms with Gasteiger partial charge in [0.1, 0.15) is 5.82 Å². The zero-order valence-electron chi connectivity index (χ0n) is 15.9. The molecule has 3 aromatic rings. The second kappa shape index (κ2) is 7.81. The highest BCUT2D eigenvalue weighted by molar-refractivity contribution is 6.33. The standard InChI is InChI=1S/C20H20ClN5O3/c1-23-18-7-6-14(26(28)29)12-17(18)22-19(23)13-24-8-10-25(11-9-24)20(27)15-4-2-3-5-16(15)21/h2-7,12H,8-11,13H2,1H3. The summed E-state index contributed by atoms with van der Waals surface area (Å²) in [4.78, 5) is 31.9. The Bertz CT molecular complexity index is 1090. The minimum absolute atomic E-state index is 0.0360. The Morgan fingerprint density at radius 2 is 1.90 bits per heavy atom. The Morgan fingerprint density at radius 3 is 2.59 bits per heavy atom. The number of non-ortho nitro benzene ring substituents is 1. The van der Waals surface area contributed by atoms with E-state index in [1.54, 1.807) is 18.2 Å². The summed E-state index contributed by atoms with van der Waals surface area (Å²) in [7, 11) is 1.91. The maximum absolute atomic E-state index is 12.7. The lowest BCUT2D eigenvalue weighted by atomic mass is 10.2. The van der Waals surface area contributed by atoms with Gasteiger partial charge in [-0.05, 0) is 18.2 Å². The molecule has 0 bridgehead atoms. The van der Waals surface area contributed by atoms with E-state index in [0.717, 1.165) is 24.4 Å². The zero-order chi connectivity index (χ0) is 20.5. The first-order valence-electron chi connectivity index (χ1n) is 9.30. The van der Waals surface area contributed by atoms with Crippen LogP contribution in [0, 0.1) is 10.1 Å². The fourth-order valence-corrected chi connectivity index (χ4v) is 3.82. The van der Waals surface area contributed by atoms with Gasteiger partial charge in [0.15, 0.2) is 0 Å². The number of carbonyl (C=O) groups is 1. The molecule has 9 heteroatoms. The normalized spacial score (nSPS) is 15.0. The molecule has 29 heavy (non-hydrogen) atoms. The number of aromatic nitrogens is 2. The first-order chi connectivity index (χ1) is 13.9. The number of hydrogen-bond donors (Lipinski definition) is 0. The van der Waals surface area contributed by atoms with Crippen LogP contribution < -0.4 is 0 Å². The number of hydrogen-bond acceptors (Lipinski definition) is 5. The number of nitrogens with zero attached hydrogens (tertiary/aromatic N) is 5. The van der Waals surface area contributed by atoms with Crippen LogP contribution in [-0.4, -0.2) is 56.4 Å². The number of piperazine rings is 1. The fourth-order valence-electron chi connectivity index (χ4n) is 3.61. The first-order valence-corrected chi connectivity index (χ1v) is 9.68. The van der Waals surface area contributed by atoms with Gasteiger partial charge >= 0.3 is 0 Å². The molecule has 1 aromatic heterocycles. The van der Waals surface area contributed by atoms with E-state index in [1.807, 2.05) is 28.6 Å². The number of halogens is 1. The van der Waals surface area contributed by atoms with Crippen molar-refractivity contribution in [1.82, 2.24) is 19.4 Å². The Kier molecular flexibility index (Phi) is 5.21. The number of benzene rings is 2. The Balaban J connectivity index is 1.43. The van der Waals surface area contributed by atoms with Gasteiger partial charge in [-0.3, -0.25) is 19.8 Å². The third-order valence-corrected chi connectivity index (χ3v) is 5.63. The Hall–Kier alpha value is -2.97. The maximum Gasteiger partial charge on any atom is 0.271 e. The van der Waals surface area contributed by atoms with Crippen LogP contribution in [-0.2, 0) is 13.6 Å². The van der Waals surface area contributed by atoms with Gasteiger partial charge in [-0.25, -0.2) is 4.98 Å². The molecule has 8 nitrogen and oxygen atoms in total. The number of fused-ring (bicyclic) bond motifs is 1. The topological polar surface area (TPSA) is 84.5 Å². The summed E-state index contributed by atoms with van der Waals surface area (Å²) >= 11 is 6.15. The van der Waals surface area contributed by atoms with Crippen molar-refractivity contribution in [3.05, 3.63) is 69.0 Å². The van der Waals surface area contributed by atoms with Crippen molar-refractivity contribution in [2.75, 3.05) is 26.2 Å². The van der Waals surface area contributed by atoms with Crippen molar-refractivity contribution in [2.45, 2.75) is 6.54 Å². The van der Waals surface area contributed by atoms with E-state index in [9.17, 15) is 14.9 Å². The molecule has 0 atom stereocenters. The minimum atomic E-state index is -0.414. The van der Waals surface area contributed by atoms with E-state index in [2.05, 4.69) is 9.88 Å². The molecular formula is C20H20ClN5O3. The summed E-state index contributed by atoms with van der Waals surface area (Å²) in [5, 5.41) is 11.5. The van der Waals surface area contributed by atoms with Gasteiger partial charge in [-0.1, -0.05) is 23.7 Å². The van der Waals surface area contributed by atoms with Gasteiger partial charge < -0.3 is 9.47 Å². The Morgan fingerprint density at radius 1 is 1.17 bits per heavy atom. The van der Waals surface area contributed by atoms with Crippen LogP contribution in [0.4, 0.5) is 5.69 Å². The van der Waals surface area contributed by atoms with Crippen molar-refractivity contribution < 1.29 is 9.72 Å². The summed E-state index contributed by atoms with van der Waals surface area (Å²) in [5.74, 6) is 0.789. The average molecular weight is 414 g/mol. The quantitative estimate of drug-likeness (QED) is 0.484. The molecule has 0 aliphatic carbocycles. The third-order valence-electron chi connectivity index (χ3n) is 5.30. The lowest BCUT2D eigenvalue weighted by Crippen LogP contribution is -2.48. The van der Waals surface area contributed by atoms with Crippen LogP contribution in [0.2, 0.25) is 5.02 Å². The lowest BCUT2D eigenvalue weighted by molar-refractivity contribution is -0.384. The molecule has 1 fully saturated rings. The van der Waals surface area contributed by atoms with E-state index < -0.39 is 4.92 Å². The number of imidazole rings is 1. The van der Waals surface area contributed by atoms with Gasteiger partial charge in [0.2, 0.25) is 0 Å². The van der Waals surface area contributed by atoms with Crippen molar-refractivity contribution in [2.24, 2.45) is 7.05 Å². The molecular weight excluding hydrogens is 394 g/mol. The van der Waals surface area contributed by atoms with E-state index in [1.165, 1.54) is 12.1 Å². The van der Waals surface area contributed by atoms with Crippen LogP contribution in [0.15, 0.2) is 42.5 Å². The van der Waals surface area contributed by atoms with E-state index in [-0.39, 0.29) is 11.6 Å². The summed E-state index contributed by atoms with van der Waals surface area (Å²) in [6.07, 6.45) is 0. The molecule has 150 valence electrons. The second-order valence-corrected chi connectivity index (χ2v) is 7.47. The molecule has 0 unspecified atom stereocenters. The smallest absolute Gasteiger partial charge is 0.271 e. The number of amides is 1. The second-order valence-electron chi connectivity index (χ2n) is 7.07. The molecule has 0 spiro atoms. The average Bonchev–Trinajstić information content (AvgIpc) is 3.03. The summed E-state index contributed by atoms with van der Waals surface area (Å²) in [6, 6.07) is 11.8. The van der Waals surface area contributed by atoms with Gasteiger partial charge in [0.05, 0.1) is 33.1 Å². The SMILES string of the molecule is Cn1c(CN2CCN(C(=O)c3ccccc3Cl)CC2)nc2cc([N+](=O)[O-])ccc21. The largest absolute Gasteiger partial charge is 0.336 e. The number of aryl methyl sites for hydroxylation is 1. The summed E-state index contributed by atoms with van der Waals surface area (Å²) < 4.78 is 1.96. The molecule has 2 aromatic carbocycles. The van der Waals surface area contributed by atoms with Crippen LogP contribution in [0.1, 0.15) is 16.2 Å². The fraction of sp³-hybridized carbons (Fsp3) is 0.300. The van der Waals surface area contributed by atoms with Crippen molar-refractivity contribution in [3.8, 4) is 0 Å². The predicted octanol–water partition coefficient (Wildman–Crippen LogP) is 3.09. The number of rotatable bonds is 4. The first kappa shape index (κ1) is 19.4. The highest BCUT2D eigenvalue weighted by Gasteiger charge is 2.24. The minimum Gasteiger partial charge on any atom is -0.336 e. The molecule has 1 aliphatic rings. The highest BCUT2D eigenvalue weighted by Crippen LogP contribution is 2.22. The van der Waals surface area contributed by atoms with E-state index >= 15 is 0 Å². The molecule has 0 N–H and O–H groups in total. The molecule has 0 saturated carbocycles. The van der Waals surface area contributed by atoms with Crippen molar-refractivity contribution >= 4 is 34.2 Å². The molecule has 1 aliphatic heterocycles. The number of nitro groups is 1. The zero-order valence-corrected chi connectivity index (χ0v) is 16.7. The van der Waals surface area contributed by atoms with E-state index in [0.29, 0.717) is 35.7 Å². The maximum atomic E-state index is 12.7. The van der Waals surface area contributed by atoms with Crippen molar-refractivity contribution in [3.63, 3.8) is 0 Å². The van der Waals surface area contributed by atoms with Gasteiger partial charge in [-0.15, -0.1) is 0 Å². The van der Waals surface area contributed by atoms with Crippen LogP contribution in [0.3, 0.4) is 0 Å². The summed E-state index contributed by atoms with van der Waals surface area (Å²) in [5.41, 5.74) is 2.04. The molecule has 0 radical (unpaired) electrons. The van der Waals surface area contributed by atoms with Gasteiger partial charge in [0, 0.05) is 45.4 Å². The molecule has 2 heterocycles. The number of carbonyl (C=O) groups excluding carboxylic acids is 1. The van der Waals surface area contributed by atoms with Gasteiger partial charge in [-0.2, -0.15) is 0 Å². The van der Waals surface area contributed by atoms with Crippen LogP contribution in [0.5, 0.6) is 0 Å². The molecule has 4 rings (SSSR count). The summed E-state index contributed by atoms with van der Waals surface area (Å²) in [6.45, 7) is 3.28. The highest BCUT2D eigenvalue weighted by atomic mass is 35.5. The van der Waals surface area contributed by atoms with Crippen LogP contribution in [0.25, 0.3) is 11.0 Å². The monoisotopic (exact) mass is 413 g/mol. The third kappa shape index (κ3) is 3.81. The number of nitro benzene ring substituents is 1. The molecule has 1 saturated heterocycles. The Labute approximate surface area is 172 Å². The lowest BCUT2D eigenvalue weighted by Gasteiger charge is -2.34. The van der Waals surface area contributed by atoms with Gasteiger partial charge in [0.25, 0.3) is 11.6 Å². The predicted molar refractivity (Wildman–Crippen MR) is 110 cm³/mol. The van der Waals surface area contributed by atoms with E-state index in [4.69, 9.17) is 11.6 Å².